The largest absolute Gasteiger partial charge is 0.367 e. The summed E-state index contributed by atoms with van der Waals surface area (Å²) < 4.78 is 27.7. The van der Waals surface area contributed by atoms with Gasteiger partial charge in [0, 0.05) is 23.4 Å². The summed E-state index contributed by atoms with van der Waals surface area (Å²) in [5, 5.41) is 14.3. The molecule has 0 fully saturated rings. The van der Waals surface area contributed by atoms with E-state index in [9.17, 15) is 18.4 Å². The molecule has 0 bridgehead atoms. The molecule has 144 valence electrons. The smallest absolute Gasteiger partial charge is 0.252 e. The van der Waals surface area contributed by atoms with Gasteiger partial charge in [-0.25, -0.2) is 8.78 Å². The van der Waals surface area contributed by atoms with Crippen molar-refractivity contribution in [3.63, 3.8) is 0 Å². The van der Waals surface area contributed by atoms with Gasteiger partial charge in [-0.2, -0.15) is 5.26 Å². The molecule has 2 atom stereocenters. The fourth-order valence-corrected chi connectivity index (χ4v) is 3.05. The number of carbonyl (C=O) groups is 1. The minimum absolute atomic E-state index is 0.0526. The van der Waals surface area contributed by atoms with E-state index in [4.69, 9.17) is 5.26 Å². The van der Waals surface area contributed by atoms with Crippen LogP contribution >= 0.6 is 0 Å². The Kier molecular flexibility index (Phi) is 5.22. The molecule has 1 unspecified atom stereocenters. The van der Waals surface area contributed by atoms with Crippen LogP contribution in [-0.4, -0.2) is 29.3 Å². The number of amides is 1. The highest BCUT2D eigenvalue weighted by molar-refractivity contribution is 5.86. The summed E-state index contributed by atoms with van der Waals surface area (Å²) in [5.41, 5.74) is 0.277. The third-order valence-corrected chi connectivity index (χ3v) is 4.56. The van der Waals surface area contributed by atoms with Gasteiger partial charge >= 0.3 is 0 Å². The monoisotopic (exact) mass is 385 g/mol. The third kappa shape index (κ3) is 3.62. The summed E-state index contributed by atoms with van der Waals surface area (Å²) in [6.07, 6.45) is 2.13. The van der Waals surface area contributed by atoms with Gasteiger partial charge in [0.05, 0.1) is 23.6 Å². The summed E-state index contributed by atoms with van der Waals surface area (Å²) >= 11 is 0. The van der Waals surface area contributed by atoms with E-state index >= 15 is 0 Å². The number of allylic oxidation sites excluding steroid dienone is 1. The molecule has 0 aliphatic carbocycles. The van der Waals surface area contributed by atoms with Crippen molar-refractivity contribution in [2.45, 2.75) is 32.5 Å². The van der Waals surface area contributed by atoms with Crippen molar-refractivity contribution < 1.29 is 13.6 Å². The van der Waals surface area contributed by atoms with Crippen LogP contribution in [0.15, 0.2) is 33.7 Å². The molecule has 3 N–H and O–H groups in total. The molecule has 0 spiro atoms. The van der Waals surface area contributed by atoms with Crippen LogP contribution in [0.4, 0.5) is 8.78 Å². The van der Waals surface area contributed by atoms with Crippen molar-refractivity contribution in [2.24, 2.45) is 4.99 Å². The van der Waals surface area contributed by atoms with E-state index < -0.39 is 35.3 Å². The second-order valence-electron chi connectivity index (χ2n) is 6.48. The molecule has 0 saturated heterocycles. The first-order valence-electron chi connectivity index (χ1n) is 8.50. The van der Waals surface area contributed by atoms with E-state index in [1.54, 1.807) is 6.92 Å². The number of H-pyrrole nitrogens is 1. The molecule has 1 aromatic carbocycles. The highest BCUT2D eigenvalue weighted by Crippen LogP contribution is 2.23. The zero-order valence-electron chi connectivity index (χ0n) is 15.1. The molecular formula is C19H17F2N5O2. The van der Waals surface area contributed by atoms with Gasteiger partial charge in [-0.15, -0.1) is 0 Å². The Morgan fingerprint density at radius 2 is 2.18 bits per heavy atom. The first-order chi connectivity index (χ1) is 13.3. The number of aryl methyl sites for hydroxylation is 1. The molecule has 7 nitrogen and oxygen atoms in total. The number of benzene rings is 1. The number of hydrogen-bond donors (Lipinski definition) is 3. The molecular weight excluding hydrogens is 368 g/mol. The van der Waals surface area contributed by atoms with Crippen LogP contribution < -0.4 is 16.2 Å². The van der Waals surface area contributed by atoms with Crippen LogP contribution in [-0.2, 0) is 11.2 Å². The molecule has 9 heteroatoms. The van der Waals surface area contributed by atoms with Gasteiger partial charge in [0.25, 0.3) is 5.56 Å². The lowest BCUT2D eigenvalue weighted by Gasteiger charge is -2.24. The average molecular weight is 385 g/mol. The number of nitrogens with zero attached hydrogens (tertiary/aromatic N) is 2. The molecule has 1 aliphatic heterocycles. The second kappa shape index (κ2) is 7.60. The molecule has 3 rings (SSSR count). The van der Waals surface area contributed by atoms with Crippen molar-refractivity contribution in [3.05, 3.63) is 57.0 Å². The van der Waals surface area contributed by atoms with E-state index in [0.29, 0.717) is 5.57 Å². The highest BCUT2D eigenvalue weighted by Gasteiger charge is 2.21. The van der Waals surface area contributed by atoms with E-state index in [-0.39, 0.29) is 28.5 Å². The zero-order valence-corrected chi connectivity index (χ0v) is 15.1. The molecule has 2 heterocycles. The number of aromatic amines is 1. The number of hydrogen-bond acceptors (Lipinski definition) is 5. The number of nitriles is 1. The fraction of sp³-hybridized carbons (Fsp3) is 0.263. The maximum atomic E-state index is 14.2. The summed E-state index contributed by atoms with van der Waals surface area (Å²) in [6.45, 7) is 3.19. The Morgan fingerprint density at radius 3 is 2.82 bits per heavy atom. The zero-order chi connectivity index (χ0) is 20.4. The molecule has 1 amide bonds. The predicted octanol–water partition coefficient (Wildman–Crippen LogP) is 1.57. The van der Waals surface area contributed by atoms with Gasteiger partial charge in [0.15, 0.2) is 11.6 Å². The maximum absolute atomic E-state index is 14.2. The minimum atomic E-state index is -1.07. The van der Waals surface area contributed by atoms with Crippen molar-refractivity contribution in [3.8, 4) is 6.07 Å². The normalized spacial score (nSPS) is 16.8. The Bertz CT molecular complexity index is 1110. The van der Waals surface area contributed by atoms with Crippen LogP contribution in [0, 0.1) is 29.9 Å². The Morgan fingerprint density at radius 1 is 1.43 bits per heavy atom. The van der Waals surface area contributed by atoms with E-state index in [2.05, 4.69) is 20.6 Å². The number of nitrogens with one attached hydrogen (secondary N) is 3. The quantitative estimate of drug-likeness (QED) is 0.742. The summed E-state index contributed by atoms with van der Waals surface area (Å²) in [6, 6.07) is 3.72. The Labute approximate surface area is 158 Å². The van der Waals surface area contributed by atoms with Gasteiger partial charge in [-0.1, -0.05) is 0 Å². The number of pyridine rings is 1. The fourth-order valence-electron chi connectivity index (χ4n) is 3.05. The predicted molar refractivity (Wildman–Crippen MR) is 99.6 cm³/mol. The SMILES string of the molecule is Cc1c(CC(=O)N[C@H](C)C2N=CC(C#N)=CN2)c(=O)[nH]c2ccc(F)c(F)c12. The van der Waals surface area contributed by atoms with E-state index in [1.165, 1.54) is 25.4 Å². The van der Waals surface area contributed by atoms with Gasteiger partial charge in [0.1, 0.15) is 12.2 Å². The third-order valence-electron chi connectivity index (χ3n) is 4.56. The van der Waals surface area contributed by atoms with Gasteiger partial charge in [-0.3, -0.25) is 14.6 Å². The number of rotatable bonds is 4. The van der Waals surface area contributed by atoms with Crippen molar-refractivity contribution in [2.75, 3.05) is 0 Å². The van der Waals surface area contributed by atoms with Crippen LogP contribution in [0.5, 0.6) is 0 Å². The molecule has 0 radical (unpaired) electrons. The number of aromatic nitrogens is 1. The molecule has 1 aromatic heterocycles. The van der Waals surface area contributed by atoms with Crippen molar-refractivity contribution in [1.82, 2.24) is 15.6 Å². The highest BCUT2D eigenvalue weighted by atomic mass is 19.2. The van der Waals surface area contributed by atoms with Gasteiger partial charge in [0.2, 0.25) is 5.91 Å². The number of aliphatic imine (C=N–C) groups is 1. The first kappa shape index (κ1) is 19.2. The topological polar surface area (TPSA) is 110 Å². The number of fused-ring (bicyclic) bond motifs is 1. The lowest BCUT2D eigenvalue weighted by atomic mass is 10.0. The van der Waals surface area contributed by atoms with Crippen LogP contribution in [0.25, 0.3) is 10.9 Å². The number of halogens is 2. The van der Waals surface area contributed by atoms with E-state index in [1.807, 2.05) is 6.07 Å². The summed E-state index contributed by atoms with van der Waals surface area (Å²) in [5.74, 6) is -2.57. The lowest BCUT2D eigenvalue weighted by Crippen LogP contribution is -2.47. The molecule has 2 aromatic rings. The standard InChI is InChI=1S/C19H17F2N5O2/c1-9-12(19(28)26-14-4-3-13(20)17(21)16(9)14)5-15(27)25-10(2)18-23-7-11(6-22)8-24-18/h3-4,7-8,10,18,23H,5H2,1-2H3,(H,25,27)(H,26,28)/t10-,18?/m1/s1. The average Bonchev–Trinajstić information content (AvgIpc) is 2.68. The maximum Gasteiger partial charge on any atom is 0.252 e. The summed E-state index contributed by atoms with van der Waals surface area (Å²) in [7, 11) is 0. The molecule has 0 saturated carbocycles. The number of carbonyl (C=O) groups excluding carboxylic acids is 1. The summed E-state index contributed by atoms with van der Waals surface area (Å²) in [4.78, 5) is 31.3. The van der Waals surface area contributed by atoms with E-state index in [0.717, 1.165) is 6.07 Å². The molecule has 28 heavy (non-hydrogen) atoms. The van der Waals surface area contributed by atoms with Crippen molar-refractivity contribution >= 4 is 23.0 Å². The molecule has 1 aliphatic rings. The second-order valence-corrected chi connectivity index (χ2v) is 6.48. The van der Waals surface area contributed by atoms with Crippen molar-refractivity contribution in [1.29, 1.82) is 5.26 Å². The lowest BCUT2D eigenvalue weighted by molar-refractivity contribution is -0.121. The Balaban J connectivity index is 1.79. The van der Waals surface area contributed by atoms with Crippen LogP contribution in [0.1, 0.15) is 18.1 Å². The van der Waals surface area contributed by atoms with Gasteiger partial charge < -0.3 is 15.6 Å². The van der Waals surface area contributed by atoms with Crippen LogP contribution in [0.2, 0.25) is 0 Å². The minimum Gasteiger partial charge on any atom is -0.367 e. The first-order valence-corrected chi connectivity index (χ1v) is 8.50. The van der Waals surface area contributed by atoms with Gasteiger partial charge in [-0.05, 0) is 31.5 Å². The Hall–Kier alpha value is -3.54. The van der Waals surface area contributed by atoms with Crippen LogP contribution in [0.3, 0.4) is 0 Å².